The summed E-state index contributed by atoms with van der Waals surface area (Å²) in [5, 5.41) is 6.22. The second-order valence-electron chi connectivity index (χ2n) is 10.1. The summed E-state index contributed by atoms with van der Waals surface area (Å²) in [6, 6.07) is 15.7. The van der Waals surface area contributed by atoms with Crippen molar-refractivity contribution in [3.05, 3.63) is 65.2 Å². The number of aryl methyl sites for hydroxylation is 2. The van der Waals surface area contributed by atoms with Crippen molar-refractivity contribution in [2.24, 2.45) is 0 Å². The van der Waals surface area contributed by atoms with Crippen LogP contribution < -0.4 is 10.6 Å². The number of anilines is 1. The van der Waals surface area contributed by atoms with Gasteiger partial charge in [-0.25, -0.2) is 0 Å². The van der Waals surface area contributed by atoms with Crippen LogP contribution in [0.2, 0.25) is 0 Å². The van der Waals surface area contributed by atoms with Crippen molar-refractivity contribution in [2.75, 3.05) is 38.0 Å². The minimum Gasteiger partial charge on any atom is -0.350 e. The molecule has 1 saturated heterocycles. The van der Waals surface area contributed by atoms with Crippen LogP contribution >= 0.6 is 0 Å². The molecule has 0 aliphatic carbocycles. The summed E-state index contributed by atoms with van der Waals surface area (Å²) in [4.78, 5) is 30.4. The van der Waals surface area contributed by atoms with Crippen molar-refractivity contribution in [1.82, 2.24) is 15.1 Å². The summed E-state index contributed by atoms with van der Waals surface area (Å²) in [7, 11) is 0. The van der Waals surface area contributed by atoms with E-state index in [1.807, 2.05) is 77.1 Å². The van der Waals surface area contributed by atoms with Crippen LogP contribution in [-0.4, -0.2) is 59.9 Å². The number of nitrogens with one attached hydrogen (secondary N) is 2. The molecule has 6 nitrogen and oxygen atoms in total. The maximum Gasteiger partial charge on any atom is 0.246 e. The van der Waals surface area contributed by atoms with Gasteiger partial charge in [0.1, 0.15) is 6.04 Å². The number of benzene rings is 2. The van der Waals surface area contributed by atoms with E-state index in [1.165, 1.54) is 0 Å². The van der Waals surface area contributed by atoms with Gasteiger partial charge < -0.3 is 10.6 Å². The Hall–Kier alpha value is -2.70. The highest BCUT2D eigenvalue weighted by atomic mass is 16.2. The number of amides is 2. The molecule has 1 aliphatic rings. The Balaban J connectivity index is 1.74. The van der Waals surface area contributed by atoms with Crippen molar-refractivity contribution < 1.29 is 9.59 Å². The zero-order valence-electron chi connectivity index (χ0n) is 20.6. The van der Waals surface area contributed by atoms with Gasteiger partial charge in [0.15, 0.2) is 0 Å². The quantitative estimate of drug-likeness (QED) is 0.701. The van der Waals surface area contributed by atoms with Gasteiger partial charge in [0.05, 0.1) is 6.54 Å². The van der Waals surface area contributed by atoms with Gasteiger partial charge in [0.2, 0.25) is 11.8 Å². The Labute approximate surface area is 198 Å². The highest BCUT2D eigenvalue weighted by Gasteiger charge is 2.30. The van der Waals surface area contributed by atoms with E-state index in [2.05, 4.69) is 26.5 Å². The zero-order valence-corrected chi connectivity index (χ0v) is 20.6. The summed E-state index contributed by atoms with van der Waals surface area (Å²) in [5.41, 5.74) is 3.77. The third-order valence-electron chi connectivity index (χ3n) is 5.88. The third-order valence-corrected chi connectivity index (χ3v) is 5.88. The van der Waals surface area contributed by atoms with Gasteiger partial charge in [-0.3, -0.25) is 19.4 Å². The Morgan fingerprint density at radius 1 is 0.970 bits per heavy atom. The van der Waals surface area contributed by atoms with Crippen LogP contribution in [0.25, 0.3) is 0 Å². The highest BCUT2D eigenvalue weighted by molar-refractivity contribution is 5.96. The molecule has 2 N–H and O–H groups in total. The van der Waals surface area contributed by atoms with E-state index < -0.39 is 0 Å². The van der Waals surface area contributed by atoms with E-state index >= 15 is 0 Å². The van der Waals surface area contributed by atoms with Crippen LogP contribution in [0.1, 0.15) is 49.9 Å². The second-order valence-corrected chi connectivity index (χ2v) is 10.1. The Morgan fingerprint density at radius 2 is 1.70 bits per heavy atom. The summed E-state index contributed by atoms with van der Waals surface area (Å²) in [6.07, 6.45) is 0.906. The van der Waals surface area contributed by atoms with Crippen molar-refractivity contribution >= 4 is 17.5 Å². The average molecular weight is 451 g/mol. The van der Waals surface area contributed by atoms with E-state index in [0.29, 0.717) is 6.54 Å². The number of nitrogens with zero attached hydrogens (tertiary/aromatic N) is 2. The van der Waals surface area contributed by atoms with E-state index in [1.54, 1.807) is 0 Å². The van der Waals surface area contributed by atoms with Crippen LogP contribution in [0.4, 0.5) is 5.69 Å². The summed E-state index contributed by atoms with van der Waals surface area (Å²) in [5.74, 6) is 0.0250. The maximum atomic E-state index is 13.6. The lowest BCUT2D eigenvalue weighted by molar-refractivity contribution is -0.124. The van der Waals surface area contributed by atoms with Crippen LogP contribution in [0, 0.1) is 13.8 Å². The summed E-state index contributed by atoms with van der Waals surface area (Å²) < 4.78 is 0. The molecule has 0 unspecified atom stereocenters. The standard InChI is InChI=1S/C27H38N4O2/c1-20-12-13-21(2)23(18-20)28-26(33)25(22-10-7-6-8-11-22)31-15-9-14-30(16-17-31)19-24(32)29-27(3,4)5/h6-8,10-13,18,25H,9,14-17,19H2,1-5H3,(H,28,33)(H,29,32)/t25-/m0/s1. The lowest BCUT2D eigenvalue weighted by Gasteiger charge is -2.30. The molecule has 1 fully saturated rings. The molecule has 1 aliphatic heterocycles. The molecule has 2 aromatic carbocycles. The van der Waals surface area contributed by atoms with E-state index in [9.17, 15) is 9.59 Å². The lowest BCUT2D eigenvalue weighted by atomic mass is 10.0. The molecule has 0 aromatic heterocycles. The van der Waals surface area contributed by atoms with Gasteiger partial charge in [0, 0.05) is 30.9 Å². The molecule has 1 heterocycles. The largest absolute Gasteiger partial charge is 0.350 e. The molecule has 178 valence electrons. The molecule has 2 amide bonds. The number of carbonyl (C=O) groups is 2. The van der Waals surface area contributed by atoms with E-state index in [0.717, 1.165) is 55.0 Å². The van der Waals surface area contributed by atoms with Gasteiger partial charge in [-0.15, -0.1) is 0 Å². The van der Waals surface area contributed by atoms with Crippen molar-refractivity contribution in [3.8, 4) is 0 Å². The van der Waals surface area contributed by atoms with Crippen molar-refractivity contribution in [1.29, 1.82) is 0 Å². The Bertz CT molecular complexity index is 952. The Kier molecular flexibility index (Phi) is 8.27. The van der Waals surface area contributed by atoms with E-state index in [4.69, 9.17) is 0 Å². The number of hydrogen-bond acceptors (Lipinski definition) is 4. The molecule has 0 radical (unpaired) electrons. The molecule has 0 bridgehead atoms. The minimum absolute atomic E-state index is 0.0196. The molecule has 2 aromatic rings. The topological polar surface area (TPSA) is 64.7 Å². The third kappa shape index (κ3) is 7.41. The van der Waals surface area contributed by atoms with Gasteiger partial charge in [-0.1, -0.05) is 42.5 Å². The first-order chi connectivity index (χ1) is 15.6. The fourth-order valence-electron chi connectivity index (χ4n) is 4.30. The molecule has 1 atom stereocenters. The van der Waals surface area contributed by atoms with Gasteiger partial charge in [-0.2, -0.15) is 0 Å². The van der Waals surface area contributed by atoms with Crippen molar-refractivity contribution in [3.63, 3.8) is 0 Å². The SMILES string of the molecule is Cc1ccc(C)c(NC(=O)[C@H](c2ccccc2)N2CCCN(CC(=O)NC(C)(C)C)CC2)c1. The van der Waals surface area contributed by atoms with E-state index in [-0.39, 0.29) is 23.4 Å². The second kappa shape index (κ2) is 10.9. The Morgan fingerprint density at radius 3 is 2.39 bits per heavy atom. The molecular formula is C27H38N4O2. The number of rotatable bonds is 6. The molecule has 0 spiro atoms. The van der Waals surface area contributed by atoms with Crippen LogP contribution in [0.15, 0.2) is 48.5 Å². The predicted octanol–water partition coefficient (Wildman–Crippen LogP) is 3.91. The maximum absolute atomic E-state index is 13.6. The normalized spacial score (nSPS) is 16.6. The van der Waals surface area contributed by atoms with Gasteiger partial charge in [-0.05, 0) is 70.3 Å². The first-order valence-electron chi connectivity index (χ1n) is 11.8. The van der Waals surface area contributed by atoms with Crippen molar-refractivity contribution in [2.45, 2.75) is 52.6 Å². The highest BCUT2D eigenvalue weighted by Crippen LogP contribution is 2.26. The smallest absolute Gasteiger partial charge is 0.246 e. The fourth-order valence-corrected chi connectivity index (χ4v) is 4.30. The molecule has 33 heavy (non-hydrogen) atoms. The van der Waals surface area contributed by atoms with Crippen LogP contribution in [-0.2, 0) is 9.59 Å². The van der Waals surface area contributed by atoms with Crippen LogP contribution in [0.3, 0.4) is 0 Å². The average Bonchev–Trinajstić information content (AvgIpc) is 2.96. The fraction of sp³-hybridized carbons (Fsp3) is 0.481. The number of hydrogen-bond donors (Lipinski definition) is 2. The van der Waals surface area contributed by atoms with Gasteiger partial charge >= 0.3 is 0 Å². The molecule has 6 heteroatoms. The van der Waals surface area contributed by atoms with Crippen LogP contribution in [0.5, 0.6) is 0 Å². The van der Waals surface area contributed by atoms with Gasteiger partial charge in [0.25, 0.3) is 0 Å². The first-order valence-corrected chi connectivity index (χ1v) is 11.8. The first kappa shape index (κ1) is 24.9. The number of carbonyl (C=O) groups excluding carboxylic acids is 2. The molecular weight excluding hydrogens is 412 g/mol. The zero-order chi connectivity index (χ0) is 24.0. The summed E-state index contributed by atoms with van der Waals surface area (Å²) >= 11 is 0. The lowest BCUT2D eigenvalue weighted by Crippen LogP contribution is -2.46. The monoisotopic (exact) mass is 450 g/mol. The molecule has 3 rings (SSSR count). The molecule has 0 saturated carbocycles. The summed E-state index contributed by atoms with van der Waals surface area (Å²) in [6.45, 7) is 13.5. The minimum atomic E-state index is -0.380. The predicted molar refractivity (Wildman–Crippen MR) is 134 cm³/mol.